The van der Waals surface area contributed by atoms with Gasteiger partial charge in [-0.1, -0.05) is 18.2 Å². The number of nitrogens with zero attached hydrogens (tertiary/aromatic N) is 1. The van der Waals surface area contributed by atoms with Gasteiger partial charge in [0.15, 0.2) is 0 Å². The van der Waals surface area contributed by atoms with Gasteiger partial charge in [0.2, 0.25) is 5.91 Å². The van der Waals surface area contributed by atoms with Crippen molar-refractivity contribution in [2.75, 3.05) is 39.5 Å². The van der Waals surface area contributed by atoms with Crippen molar-refractivity contribution in [1.29, 1.82) is 0 Å². The molecule has 1 aliphatic heterocycles. The Morgan fingerprint density at radius 2 is 1.75 bits per heavy atom. The number of carbonyl (C=O) groups excluding carboxylic acids is 1. The van der Waals surface area contributed by atoms with Crippen LogP contribution in [0.25, 0.3) is 0 Å². The van der Waals surface area contributed by atoms with Gasteiger partial charge < -0.3 is 19.1 Å². The molecule has 0 atom stereocenters. The van der Waals surface area contributed by atoms with Gasteiger partial charge in [-0.2, -0.15) is 0 Å². The van der Waals surface area contributed by atoms with Crippen LogP contribution in [-0.2, 0) is 14.3 Å². The lowest BCUT2D eigenvalue weighted by atomic mass is 10.1. The quantitative estimate of drug-likeness (QED) is 0.686. The number of amides is 1. The van der Waals surface area contributed by atoms with Gasteiger partial charge in [0.05, 0.1) is 13.2 Å². The first kappa shape index (κ1) is 18.7. The SMILES string of the molecule is CCOCCOCC(=O)N1CCC(Oc2c(C)cccc2C)CC1. The maximum absolute atomic E-state index is 12.1. The highest BCUT2D eigenvalue weighted by atomic mass is 16.5. The van der Waals surface area contributed by atoms with E-state index in [1.54, 1.807) is 0 Å². The molecular formula is C19H29NO4. The number of likely N-dealkylation sites (tertiary alicyclic amines) is 1. The normalized spacial score (nSPS) is 15.5. The van der Waals surface area contributed by atoms with Gasteiger partial charge in [-0.15, -0.1) is 0 Å². The highest BCUT2D eigenvalue weighted by Crippen LogP contribution is 2.26. The molecule has 5 nitrogen and oxygen atoms in total. The van der Waals surface area contributed by atoms with Crippen LogP contribution < -0.4 is 4.74 Å². The average molecular weight is 335 g/mol. The molecule has 1 fully saturated rings. The minimum Gasteiger partial charge on any atom is -0.490 e. The first-order chi connectivity index (χ1) is 11.6. The van der Waals surface area contributed by atoms with Crippen LogP contribution in [-0.4, -0.2) is 56.4 Å². The van der Waals surface area contributed by atoms with Gasteiger partial charge in [-0.25, -0.2) is 0 Å². The second kappa shape index (κ2) is 9.64. The highest BCUT2D eigenvalue weighted by molar-refractivity contribution is 5.77. The fraction of sp³-hybridized carbons (Fsp3) is 0.632. The number of ether oxygens (including phenoxy) is 3. The fourth-order valence-electron chi connectivity index (χ4n) is 2.89. The predicted molar refractivity (Wildman–Crippen MR) is 93.5 cm³/mol. The van der Waals surface area contributed by atoms with Gasteiger partial charge in [0.25, 0.3) is 0 Å². The molecule has 0 spiro atoms. The van der Waals surface area contributed by atoms with Crippen molar-refractivity contribution in [3.05, 3.63) is 29.3 Å². The first-order valence-electron chi connectivity index (χ1n) is 8.78. The van der Waals surface area contributed by atoms with Gasteiger partial charge >= 0.3 is 0 Å². The molecule has 1 aromatic rings. The largest absolute Gasteiger partial charge is 0.490 e. The molecule has 0 aliphatic carbocycles. The Labute approximate surface area is 144 Å². The summed E-state index contributed by atoms with van der Waals surface area (Å²) < 4.78 is 16.7. The predicted octanol–water partition coefficient (Wildman–Crippen LogP) is 2.73. The van der Waals surface area contributed by atoms with E-state index in [1.165, 1.54) is 0 Å². The Balaban J connectivity index is 1.72. The molecule has 0 N–H and O–H groups in total. The molecule has 0 saturated carbocycles. The Bertz CT molecular complexity index is 504. The summed E-state index contributed by atoms with van der Waals surface area (Å²) in [5.41, 5.74) is 2.33. The van der Waals surface area contributed by atoms with Crippen LogP contribution in [0.15, 0.2) is 18.2 Å². The molecule has 24 heavy (non-hydrogen) atoms. The molecule has 0 aromatic heterocycles. The number of para-hydroxylation sites is 1. The highest BCUT2D eigenvalue weighted by Gasteiger charge is 2.24. The number of rotatable bonds is 8. The first-order valence-corrected chi connectivity index (χ1v) is 8.78. The van der Waals surface area contributed by atoms with Crippen molar-refractivity contribution in [2.45, 2.75) is 39.7 Å². The Morgan fingerprint density at radius 1 is 1.12 bits per heavy atom. The third kappa shape index (κ3) is 5.49. The van der Waals surface area contributed by atoms with Gasteiger partial charge in [0.1, 0.15) is 18.5 Å². The number of aryl methyl sites for hydroxylation is 2. The lowest BCUT2D eigenvalue weighted by Crippen LogP contribution is -2.43. The molecule has 0 bridgehead atoms. The smallest absolute Gasteiger partial charge is 0.248 e. The minimum absolute atomic E-state index is 0.0528. The third-order valence-corrected chi connectivity index (χ3v) is 4.29. The molecule has 1 saturated heterocycles. The third-order valence-electron chi connectivity index (χ3n) is 4.29. The van der Waals surface area contributed by atoms with Crippen molar-refractivity contribution in [3.63, 3.8) is 0 Å². The van der Waals surface area contributed by atoms with Crippen molar-refractivity contribution in [1.82, 2.24) is 4.90 Å². The second-order valence-corrected chi connectivity index (χ2v) is 6.17. The van der Waals surface area contributed by atoms with Crippen LogP contribution in [0.5, 0.6) is 5.75 Å². The van der Waals surface area contributed by atoms with Crippen molar-refractivity contribution >= 4 is 5.91 Å². The molecule has 5 heteroatoms. The Hall–Kier alpha value is -1.59. The lowest BCUT2D eigenvalue weighted by Gasteiger charge is -2.32. The van der Waals surface area contributed by atoms with E-state index in [9.17, 15) is 4.79 Å². The summed E-state index contributed by atoms with van der Waals surface area (Å²) in [7, 11) is 0. The van der Waals surface area contributed by atoms with Crippen molar-refractivity contribution < 1.29 is 19.0 Å². The summed E-state index contributed by atoms with van der Waals surface area (Å²) in [4.78, 5) is 14.0. The standard InChI is InChI=1S/C19H29NO4/c1-4-22-12-13-23-14-18(21)20-10-8-17(9-11-20)24-19-15(2)6-5-7-16(19)3/h5-7,17H,4,8-14H2,1-3H3. The second-order valence-electron chi connectivity index (χ2n) is 6.17. The zero-order valence-electron chi connectivity index (χ0n) is 15.0. The molecule has 1 aromatic carbocycles. The average Bonchev–Trinajstić information content (AvgIpc) is 2.58. The maximum Gasteiger partial charge on any atom is 0.248 e. The number of piperidine rings is 1. The molecule has 1 aliphatic rings. The summed E-state index contributed by atoms with van der Waals surface area (Å²) >= 11 is 0. The van der Waals surface area contributed by atoms with E-state index in [4.69, 9.17) is 14.2 Å². The number of carbonyl (C=O) groups is 1. The summed E-state index contributed by atoms with van der Waals surface area (Å²) in [5.74, 6) is 1.04. The van der Waals surface area contributed by atoms with E-state index in [-0.39, 0.29) is 18.6 Å². The molecular weight excluding hydrogens is 306 g/mol. The molecule has 1 heterocycles. The van der Waals surface area contributed by atoms with Crippen LogP contribution in [0.4, 0.5) is 0 Å². The summed E-state index contributed by atoms with van der Waals surface area (Å²) in [6.07, 6.45) is 1.89. The number of hydrogen-bond donors (Lipinski definition) is 0. The van der Waals surface area contributed by atoms with Crippen molar-refractivity contribution in [2.24, 2.45) is 0 Å². The number of hydrogen-bond acceptors (Lipinski definition) is 4. The van der Waals surface area contributed by atoms with E-state index < -0.39 is 0 Å². The van der Waals surface area contributed by atoms with Crippen LogP contribution >= 0.6 is 0 Å². The minimum atomic E-state index is 0.0528. The van der Waals surface area contributed by atoms with Gasteiger partial charge in [-0.3, -0.25) is 4.79 Å². The zero-order valence-corrected chi connectivity index (χ0v) is 15.0. The van der Waals surface area contributed by atoms with Crippen molar-refractivity contribution in [3.8, 4) is 5.75 Å². The lowest BCUT2D eigenvalue weighted by molar-refractivity contribution is -0.138. The molecule has 0 radical (unpaired) electrons. The molecule has 134 valence electrons. The van der Waals surface area contributed by atoms with E-state index in [2.05, 4.69) is 26.0 Å². The Kier molecular flexibility index (Phi) is 7.53. The fourth-order valence-corrected chi connectivity index (χ4v) is 2.89. The summed E-state index contributed by atoms with van der Waals surface area (Å²) in [5, 5.41) is 0. The van der Waals surface area contributed by atoms with E-state index in [0.29, 0.717) is 19.8 Å². The van der Waals surface area contributed by atoms with E-state index >= 15 is 0 Å². The van der Waals surface area contributed by atoms with Gasteiger partial charge in [0, 0.05) is 32.5 Å². The zero-order chi connectivity index (χ0) is 17.4. The summed E-state index contributed by atoms with van der Waals surface area (Å²) in [6.45, 7) is 9.34. The number of benzene rings is 1. The Morgan fingerprint density at radius 3 is 2.38 bits per heavy atom. The monoisotopic (exact) mass is 335 g/mol. The topological polar surface area (TPSA) is 48.0 Å². The van der Waals surface area contributed by atoms with Crippen LogP contribution in [0, 0.1) is 13.8 Å². The summed E-state index contributed by atoms with van der Waals surface area (Å²) in [6, 6.07) is 6.19. The van der Waals surface area contributed by atoms with Crippen LogP contribution in [0.3, 0.4) is 0 Å². The van der Waals surface area contributed by atoms with Crippen LogP contribution in [0.2, 0.25) is 0 Å². The maximum atomic E-state index is 12.1. The van der Waals surface area contributed by atoms with Crippen LogP contribution in [0.1, 0.15) is 30.9 Å². The molecule has 0 unspecified atom stereocenters. The molecule has 2 rings (SSSR count). The van der Waals surface area contributed by atoms with E-state index in [1.807, 2.05) is 17.9 Å². The van der Waals surface area contributed by atoms with Gasteiger partial charge in [-0.05, 0) is 31.9 Å². The molecule has 1 amide bonds. The van der Waals surface area contributed by atoms with E-state index in [0.717, 1.165) is 42.8 Å².